The van der Waals surface area contributed by atoms with Crippen LogP contribution in [-0.2, 0) is 17.8 Å². The fraction of sp³-hybridized carbons (Fsp3) is 0.389. The number of hydrogen-bond acceptors (Lipinski definition) is 3. The summed E-state index contributed by atoms with van der Waals surface area (Å²) in [7, 11) is 0. The van der Waals surface area contributed by atoms with E-state index in [1.165, 1.54) is 5.56 Å². The second kappa shape index (κ2) is 7.27. The largest absolute Gasteiger partial charge is 0.469 e. The molecule has 4 heteroatoms. The number of nitrogens with zero attached hydrogens (tertiary/aromatic N) is 2. The van der Waals surface area contributed by atoms with Crippen molar-refractivity contribution in [3.8, 4) is 0 Å². The van der Waals surface area contributed by atoms with Gasteiger partial charge in [-0.3, -0.25) is 9.69 Å². The number of rotatable bonds is 5. The summed E-state index contributed by atoms with van der Waals surface area (Å²) in [4.78, 5) is 16.6. The summed E-state index contributed by atoms with van der Waals surface area (Å²) in [6.07, 6.45) is 2.88. The lowest BCUT2D eigenvalue weighted by atomic mass is 10.2. The topological polar surface area (TPSA) is 36.7 Å². The van der Waals surface area contributed by atoms with Crippen molar-refractivity contribution in [3.63, 3.8) is 0 Å². The van der Waals surface area contributed by atoms with Crippen molar-refractivity contribution >= 4 is 5.91 Å². The SMILES string of the molecule is O=C(CCc1ccco1)N1CCN(Cc2ccccc2)CC1. The monoisotopic (exact) mass is 298 g/mol. The van der Waals surface area contributed by atoms with Gasteiger partial charge in [0.05, 0.1) is 6.26 Å². The Bertz CT molecular complexity index is 572. The van der Waals surface area contributed by atoms with E-state index in [2.05, 4.69) is 29.2 Å². The van der Waals surface area contributed by atoms with E-state index >= 15 is 0 Å². The van der Waals surface area contributed by atoms with E-state index in [1.807, 2.05) is 23.1 Å². The Balaban J connectivity index is 1.42. The number of furan rings is 1. The Labute approximate surface area is 131 Å². The molecule has 1 aromatic carbocycles. The molecule has 1 aromatic heterocycles. The van der Waals surface area contributed by atoms with Crippen molar-refractivity contribution in [2.24, 2.45) is 0 Å². The highest BCUT2D eigenvalue weighted by Gasteiger charge is 2.20. The van der Waals surface area contributed by atoms with Gasteiger partial charge in [-0.25, -0.2) is 0 Å². The summed E-state index contributed by atoms with van der Waals surface area (Å²) >= 11 is 0. The molecule has 0 N–H and O–H groups in total. The molecule has 0 atom stereocenters. The zero-order valence-corrected chi connectivity index (χ0v) is 12.8. The third kappa shape index (κ3) is 3.98. The number of benzene rings is 1. The molecular weight excluding hydrogens is 276 g/mol. The molecule has 4 nitrogen and oxygen atoms in total. The summed E-state index contributed by atoms with van der Waals surface area (Å²) < 4.78 is 5.28. The minimum atomic E-state index is 0.232. The fourth-order valence-electron chi connectivity index (χ4n) is 2.84. The van der Waals surface area contributed by atoms with E-state index in [0.29, 0.717) is 12.8 Å². The first kappa shape index (κ1) is 14.9. The molecule has 1 aliphatic rings. The number of carbonyl (C=O) groups excluding carboxylic acids is 1. The number of amides is 1. The smallest absolute Gasteiger partial charge is 0.223 e. The maximum Gasteiger partial charge on any atom is 0.223 e. The molecule has 0 saturated carbocycles. The van der Waals surface area contributed by atoms with Gasteiger partial charge in [-0.05, 0) is 17.7 Å². The van der Waals surface area contributed by atoms with E-state index in [1.54, 1.807) is 6.26 Å². The molecule has 1 saturated heterocycles. The third-order valence-electron chi connectivity index (χ3n) is 4.14. The zero-order chi connectivity index (χ0) is 15.2. The Morgan fingerprint density at radius 2 is 1.77 bits per heavy atom. The third-order valence-corrected chi connectivity index (χ3v) is 4.14. The molecule has 1 aliphatic heterocycles. The van der Waals surface area contributed by atoms with Crippen molar-refractivity contribution in [2.75, 3.05) is 26.2 Å². The second-order valence-electron chi connectivity index (χ2n) is 5.72. The molecule has 0 aliphatic carbocycles. The lowest BCUT2D eigenvalue weighted by Crippen LogP contribution is -2.48. The highest BCUT2D eigenvalue weighted by atomic mass is 16.3. The number of aryl methyl sites for hydroxylation is 1. The zero-order valence-electron chi connectivity index (χ0n) is 12.8. The van der Waals surface area contributed by atoms with Crippen LogP contribution in [0.5, 0.6) is 0 Å². The molecule has 2 heterocycles. The number of hydrogen-bond donors (Lipinski definition) is 0. The molecule has 22 heavy (non-hydrogen) atoms. The Kier molecular flexibility index (Phi) is 4.91. The van der Waals surface area contributed by atoms with Gasteiger partial charge in [0.15, 0.2) is 0 Å². The average Bonchev–Trinajstić information content (AvgIpc) is 3.08. The Morgan fingerprint density at radius 1 is 1.00 bits per heavy atom. The van der Waals surface area contributed by atoms with E-state index in [4.69, 9.17) is 4.42 Å². The summed E-state index contributed by atoms with van der Waals surface area (Å²) in [5.74, 6) is 1.12. The molecule has 1 fully saturated rings. The first-order valence-electron chi connectivity index (χ1n) is 7.88. The Hall–Kier alpha value is -2.07. The molecule has 3 rings (SSSR count). The minimum Gasteiger partial charge on any atom is -0.469 e. The van der Waals surface area contributed by atoms with Crippen LogP contribution in [-0.4, -0.2) is 41.9 Å². The highest BCUT2D eigenvalue weighted by molar-refractivity contribution is 5.76. The summed E-state index contributed by atoms with van der Waals surface area (Å²) in [5, 5.41) is 0. The maximum atomic E-state index is 12.2. The van der Waals surface area contributed by atoms with Crippen molar-refractivity contribution in [1.29, 1.82) is 0 Å². The van der Waals surface area contributed by atoms with E-state index in [9.17, 15) is 4.79 Å². The fourth-order valence-corrected chi connectivity index (χ4v) is 2.84. The highest BCUT2D eigenvalue weighted by Crippen LogP contribution is 2.11. The molecule has 0 unspecified atom stereocenters. The Morgan fingerprint density at radius 3 is 2.45 bits per heavy atom. The first-order valence-corrected chi connectivity index (χ1v) is 7.88. The number of carbonyl (C=O) groups is 1. The van der Waals surface area contributed by atoms with Crippen LogP contribution >= 0.6 is 0 Å². The quantitative estimate of drug-likeness (QED) is 0.851. The van der Waals surface area contributed by atoms with Crippen molar-refractivity contribution in [1.82, 2.24) is 9.80 Å². The maximum absolute atomic E-state index is 12.2. The van der Waals surface area contributed by atoms with Crippen molar-refractivity contribution in [2.45, 2.75) is 19.4 Å². The van der Waals surface area contributed by atoms with Gasteiger partial charge in [0.25, 0.3) is 0 Å². The first-order chi connectivity index (χ1) is 10.8. The summed E-state index contributed by atoms with van der Waals surface area (Å²) in [6.45, 7) is 4.51. The van der Waals surface area contributed by atoms with Crippen LogP contribution in [0.4, 0.5) is 0 Å². The molecule has 0 radical (unpaired) electrons. The van der Waals surface area contributed by atoms with E-state index in [0.717, 1.165) is 38.5 Å². The predicted octanol–water partition coefficient (Wildman–Crippen LogP) is 2.56. The lowest BCUT2D eigenvalue weighted by Gasteiger charge is -2.34. The van der Waals surface area contributed by atoms with Gasteiger partial charge in [-0.2, -0.15) is 0 Å². The van der Waals surface area contributed by atoms with Crippen molar-refractivity contribution in [3.05, 3.63) is 60.1 Å². The van der Waals surface area contributed by atoms with Gasteiger partial charge in [0.2, 0.25) is 5.91 Å². The summed E-state index contributed by atoms with van der Waals surface area (Å²) in [5.41, 5.74) is 1.33. The standard InChI is InChI=1S/C18H22N2O2/c21-18(9-8-17-7-4-14-22-17)20-12-10-19(11-13-20)15-16-5-2-1-3-6-16/h1-7,14H,8-13,15H2. The molecular formula is C18H22N2O2. The predicted molar refractivity (Wildman–Crippen MR) is 85.3 cm³/mol. The summed E-state index contributed by atoms with van der Waals surface area (Å²) in [6, 6.07) is 14.3. The van der Waals surface area contributed by atoms with Crippen molar-refractivity contribution < 1.29 is 9.21 Å². The van der Waals surface area contributed by atoms with Gasteiger partial charge < -0.3 is 9.32 Å². The minimum absolute atomic E-state index is 0.232. The van der Waals surface area contributed by atoms with Crippen LogP contribution in [0.25, 0.3) is 0 Å². The van der Waals surface area contributed by atoms with Crippen LogP contribution < -0.4 is 0 Å². The van der Waals surface area contributed by atoms with Gasteiger partial charge >= 0.3 is 0 Å². The van der Waals surface area contributed by atoms with Gasteiger partial charge in [-0.1, -0.05) is 30.3 Å². The van der Waals surface area contributed by atoms with Gasteiger partial charge in [0.1, 0.15) is 5.76 Å². The molecule has 1 amide bonds. The normalized spacial score (nSPS) is 15.9. The van der Waals surface area contributed by atoms with Gasteiger partial charge in [-0.15, -0.1) is 0 Å². The number of piperazine rings is 1. The van der Waals surface area contributed by atoms with Crippen LogP contribution in [0.3, 0.4) is 0 Å². The molecule has 116 valence electrons. The van der Waals surface area contributed by atoms with E-state index in [-0.39, 0.29) is 5.91 Å². The van der Waals surface area contributed by atoms with Crippen LogP contribution in [0.15, 0.2) is 53.1 Å². The molecule has 2 aromatic rings. The molecule has 0 spiro atoms. The van der Waals surface area contributed by atoms with E-state index < -0.39 is 0 Å². The average molecular weight is 298 g/mol. The van der Waals surface area contributed by atoms with Crippen LogP contribution in [0.1, 0.15) is 17.7 Å². The van der Waals surface area contributed by atoms with Crippen LogP contribution in [0.2, 0.25) is 0 Å². The molecule has 0 bridgehead atoms. The second-order valence-corrected chi connectivity index (χ2v) is 5.72. The lowest BCUT2D eigenvalue weighted by molar-refractivity contribution is -0.133. The van der Waals surface area contributed by atoms with Crippen LogP contribution in [0, 0.1) is 0 Å². The van der Waals surface area contributed by atoms with Gasteiger partial charge in [0, 0.05) is 45.6 Å².